The number of aromatic nitrogens is 1. The zero-order valence-electron chi connectivity index (χ0n) is 16.3. The predicted octanol–water partition coefficient (Wildman–Crippen LogP) is 6.73. The van der Waals surface area contributed by atoms with Crippen LogP contribution in [0, 0.1) is 6.92 Å². The smallest absolute Gasteiger partial charge is 0.404 e. The maximum absolute atomic E-state index is 12.7. The molecule has 0 aliphatic heterocycles. The van der Waals surface area contributed by atoms with Gasteiger partial charge in [-0.25, -0.2) is 13.4 Å². The number of alkyl halides is 3. The van der Waals surface area contributed by atoms with Crippen LogP contribution in [-0.4, -0.2) is 19.8 Å². The molecule has 1 heterocycles. The number of hydrogen-bond donors (Lipinski definition) is 1. The van der Waals surface area contributed by atoms with E-state index in [1.54, 1.807) is 12.1 Å². The molecule has 0 amide bonds. The number of ether oxygens (including phenoxy) is 1. The molecule has 1 aromatic heterocycles. The standard InChI is InChI=1S/C21H14BrF3N2O3S2/c1-12-2-8-16-18(10-12)31-20(26-16)13-3-6-15(7-4-13)27-32(28,29)19-9-5-14(22)11-17(19)30-21(23,24)25/h2-11,27H,1H3. The summed E-state index contributed by atoms with van der Waals surface area (Å²) < 4.78 is 71.1. The maximum atomic E-state index is 12.7. The third kappa shape index (κ3) is 5.05. The van der Waals surface area contributed by atoms with E-state index in [4.69, 9.17) is 0 Å². The Morgan fingerprint density at radius 2 is 1.75 bits per heavy atom. The number of sulfonamides is 1. The van der Waals surface area contributed by atoms with Gasteiger partial charge in [-0.3, -0.25) is 4.72 Å². The van der Waals surface area contributed by atoms with E-state index in [1.807, 2.05) is 25.1 Å². The molecule has 0 unspecified atom stereocenters. The summed E-state index contributed by atoms with van der Waals surface area (Å²) >= 11 is 4.53. The van der Waals surface area contributed by atoms with E-state index in [9.17, 15) is 21.6 Å². The maximum Gasteiger partial charge on any atom is 0.573 e. The molecule has 0 aliphatic carbocycles. The predicted molar refractivity (Wildman–Crippen MR) is 121 cm³/mol. The van der Waals surface area contributed by atoms with E-state index >= 15 is 0 Å². The number of halogens is 4. The van der Waals surface area contributed by atoms with Gasteiger partial charge >= 0.3 is 6.36 Å². The third-order valence-corrected chi connectivity index (χ3v) is 7.33. The molecule has 0 saturated heterocycles. The summed E-state index contributed by atoms with van der Waals surface area (Å²) in [6.45, 7) is 2.00. The molecule has 4 aromatic rings. The SMILES string of the molecule is Cc1ccc2nc(-c3ccc(NS(=O)(=O)c4ccc(Br)cc4OC(F)(F)F)cc3)sc2c1. The van der Waals surface area contributed by atoms with Gasteiger partial charge in [0.15, 0.2) is 5.75 Å². The minimum Gasteiger partial charge on any atom is -0.404 e. The molecule has 0 atom stereocenters. The molecule has 32 heavy (non-hydrogen) atoms. The summed E-state index contributed by atoms with van der Waals surface area (Å²) in [6, 6.07) is 15.7. The van der Waals surface area contributed by atoms with E-state index in [0.29, 0.717) is 0 Å². The van der Waals surface area contributed by atoms with Gasteiger partial charge in [0.25, 0.3) is 10.0 Å². The number of nitrogens with one attached hydrogen (secondary N) is 1. The summed E-state index contributed by atoms with van der Waals surface area (Å²) in [4.78, 5) is 3.95. The topological polar surface area (TPSA) is 68.3 Å². The Labute approximate surface area is 194 Å². The molecule has 0 aliphatic rings. The van der Waals surface area contributed by atoms with Gasteiger partial charge in [0.1, 0.15) is 9.90 Å². The number of thiazole rings is 1. The molecule has 0 radical (unpaired) electrons. The Morgan fingerprint density at radius 1 is 1.03 bits per heavy atom. The Hall–Kier alpha value is -2.63. The molecule has 0 fully saturated rings. The van der Waals surface area contributed by atoms with Gasteiger partial charge in [-0.05, 0) is 67.1 Å². The Morgan fingerprint density at radius 3 is 2.44 bits per heavy atom. The van der Waals surface area contributed by atoms with E-state index in [0.717, 1.165) is 38.5 Å². The number of aryl methyl sites for hydroxylation is 1. The van der Waals surface area contributed by atoms with Crippen molar-refractivity contribution in [1.82, 2.24) is 4.98 Å². The Kier molecular flexibility index (Phi) is 5.91. The third-order valence-electron chi connectivity index (χ3n) is 4.35. The number of rotatable bonds is 5. The van der Waals surface area contributed by atoms with Gasteiger partial charge in [-0.2, -0.15) is 0 Å². The number of anilines is 1. The van der Waals surface area contributed by atoms with Gasteiger partial charge in [0, 0.05) is 15.7 Å². The first kappa shape index (κ1) is 22.6. The molecule has 1 N–H and O–H groups in total. The lowest BCUT2D eigenvalue weighted by molar-refractivity contribution is -0.275. The van der Waals surface area contributed by atoms with Gasteiger partial charge < -0.3 is 4.74 Å². The normalized spacial score (nSPS) is 12.2. The van der Waals surface area contributed by atoms with Crippen LogP contribution in [0.5, 0.6) is 5.75 Å². The zero-order chi connectivity index (χ0) is 23.1. The van der Waals surface area contributed by atoms with Crippen LogP contribution in [0.4, 0.5) is 18.9 Å². The average Bonchev–Trinajstić information content (AvgIpc) is 3.10. The first-order valence-corrected chi connectivity index (χ1v) is 12.2. The van der Waals surface area contributed by atoms with Crippen molar-refractivity contribution in [3.05, 3.63) is 70.7 Å². The highest BCUT2D eigenvalue weighted by atomic mass is 79.9. The van der Waals surface area contributed by atoms with Gasteiger partial charge in [-0.1, -0.05) is 22.0 Å². The van der Waals surface area contributed by atoms with Crippen molar-refractivity contribution in [3.63, 3.8) is 0 Å². The molecular formula is C21H14BrF3N2O3S2. The fourth-order valence-electron chi connectivity index (χ4n) is 2.95. The van der Waals surface area contributed by atoms with Crippen LogP contribution >= 0.6 is 27.3 Å². The number of benzene rings is 3. The molecule has 0 saturated carbocycles. The van der Waals surface area contributed by atoms with Gasteiger partial charge in [0.05, 0.1) is 10.2 Å². The van der Waals surface area contributed by atoms with E-state index in [-0.39, 0.29) is 10.2 Å². The van der Waals surface area contributed by atoms with Crippen LogP contribution in [0.3, 0.4) is 0 Å². The van der Waals surface area contributed by atoms with Crippen molar-refractivity contribution in [2.24, 2.45) is 0 Å². The number of nitrogens with zero attached hydrogens (tertiary/aromatic N) is 1. The lowest BCUT2D eigenvalue weighted by atomic mass is 10.2. The summed E-state index contributed by atoms with van der Waals surface area (Å²) in [5, 5.41) is 0.772. The molecule has 0 bridgehead atoms. The van der Waals surface area contributed by atoms with Crippen molar-refractivity contribution < 1.29 is 26.3 Å². The molecule has 4 rings (SSSR count). The summed E-state index contributed by atoms with van der Waals surface area (Å²) in [5.41, 5.74) is 2.97. The van der Waals surface area contributed by atoms with Gasteiger partial charge in [0.2, 0.25) is 0 Å². The molecule has 166 valence electrons. The zero-order valence-corrected chi connectivity index (χ0v) is 19.5. The average molecular weight is 543 g/mol. The van der Waals surface area contributed by atoms with E-state index in [2.05, 4.69) is 30.4 Å². The first-order chi connectivity index (χ1) is 15.0. The van der Waals surface area contributed by atoms with Crippen LogP contribution in [0.1, 0.15) is 5.56 Å². The number of hydrogen-bond acceptors (Lipinski definition) is 5. The quantitative estimate of drug-likeness (QED) is 0.303. The van der Waals surface area contributed by atoms with Crippen molar-refractivity contribution in [3.8, 4) is 16.3 Å². The van der Waals surface area contributed by atoms with E-state index < -0.39 is 27.0 Å². The summed E-state index contributed by atoms with van der Waals surface area (Å²) in [6.07, 6.45) is -5.04. The van der Waals surface area contributed by atoms with Crippen molar-refractivity contribution in [2.45, 2.75) is 18.2 Å². The second-order valence-corrected chi connectivity index (χ2v) is 10.4. The Balaban J connectivity index is 1.60. The minimum absolute atomic E-state index is 0.187. The van der Waals surface area contributed by atoms with Gasteiger partial charge in [-0.15, -0.1) is 24.5 Å². The van der Waals surface area contributed by atoms with Crippen LogP contribution in [0.15, 0.2) is 70.0 Å². The fraction of sp³-hybridized carbons (Fsp3) is 0.0952. The summed E-state index contributed by atoms with van der Waals surface area (Å²) in [7, 11) is -4.34. The molecule has 3 aromatic carbocycles. The molecule has 5 nitrogen and oxygen atoms in total. The van der Waals surface area contributed by atoms with Crippen molar-refractivity contribution >= 4 is 53.2 Å². The fourth-order valence-corrected chi connectivity index (χ4v) is 5.53. The lowest BCUT2D eigenvalue weighted by Crippen LogP contribution is -2.21. The van der Waals surface area contributed by atoms with E-state index in [1.165, 1.54) is 29.5 Å². The second kappa shape index (κ2) is 8.38. The number of fused-ring (bicyclic) bond motifs is 1. The van der Waals surface area contributed by atoms with Crippen LogP contribution in [0.2, 0.25) is 0 Å². The first-order valence-electron chi connectivity index (χ1n) is 9.06. The Bertz CT molecular complexity index is 1400. The summed E-state index contributed by atoms with van der Waals surface area (Å²) in [5.74, 6) is -0.833. The monoisotopic (exact) mass is 542 g/mol. The van der Waals surface area contributed by atoms with Crippen LogP contribution in [0.25, 0.3) is 20.8 Å². The minimum atomic E-state index is -5.04. The highest BCUT2D eigenvalue weighted by Gasteiger charge is 2.34. The molecular weight excluding hydrogens is 529 g/mol. The largest absolute Gasteiger partial charge is 0.573 e. The highest BCUT2D eigenvalue weighted by molar-refractivity contribution is 9.10. The second-order valence-electron chi connectivity index (χ2n) is 6.81. The van der Waals surface area contributed by atoms with Crippen LogP contribution in [-0.2, 0) is 10.0 Å². The van der Waals surface area contributed by atoms with Crippen molar-refractivity contribution in [2.75, 3.05) is 4.72 Å². The van der Waals surface area contributed by atoms with Crippen molar-refractivity contribution in [1.29, 1.82) is 0 Å². The molecule has 0 spiro atoms. The highest BCUT2D eigenvalue weighted by Crippen LogP contribution is 2.34. The van der Waals surface area contributed by atoms with Crippen LogP contribution < -0.4 is 9.46 Å². The lowest BCUT2D eigenvalue weighted by Gasteiger charge is -2.15. The molecule has 11 heteroatoms.